The van der Waals surface area contributed by atoms with Crippen LogP contribution in [0.1, 0.15) is 11.1 Å². The van der Waals surface area contributed by atoms with Crippen LogP contribution in [0.15, 0.2) is 42.5 Å². The van der Waals surface area contributed by atoms with Crippen molar-refractivity contribution >= 4 is 24.0 Å². The van der Waals surface area contributed by atoms with Gasteiger partial charge in [-0.1, -0.05) is 12.1 Å². The summed E-state index contributed by atoms with van der Waals surface area (Å²) in [4.78, 5) is 35.7. The Hall–Kier alpha value is -4.25. The van der Waals surface area contributed by atoms with Crippen LogP contribution in [-0.4, -0.2) is 69.4 Å². The second kappa shape index (κ2) is 10.4. The number of aromatic hydroxyl groups is 2. The molecule has 0 radical (unpaired) electrons. The average molecular weight is 462 g/mol. The maximum Gasteiger partial charge on any atom is 0.348 e. The highest BCUT2D eigenvalue weighted by Crippen LogP contribution is 2.30. The number of carboxylic acid groups (broad SMARTS) is 2. The Morgan fingerprint density at radius 1 is 0.970 bits per heavy atom. The van der Waals surface area contributed by atoms with Gasteiger partial charge in [0, 0.05) is 12.5 Å². The number of methoxy groups -OCH3 is 2. The Balaban J connectivity index is 2.27. The molecule has 0 bridgehead atoms. The van der Waals surface area contributed by atoms with Crippen LogP contribution < -0.4 is 9.47 Å². The summed E-state index contributed by atoms with van der Waals surface area (Å²) in [6.45, 7) is 0. The summed E-state index contributed by atoms with van der Waals surface area (Å²) in [5, 5.41) is 49.1. The van der Waals surface area contributed by atoms with Crippen LogP contribution in [0.3, 0.4) is 0 Å². The molecule has 11 nitrogen and oxygen atoms in total. The lowest BCUT2D eigenvalue weighted by Crippen LogP contribution is -2.56. The number of ether oxygens (including phenoxy) is 3. The molecule has 176 valence electrons. The Bertz CT molecular complexity index is 1080. The van der Waals surface area contributed by atoms with Gasteiger partial charge in [-0.25, -0.2) is 14.4 Å². The maximum absolute atomic E-state index is 12.2. The monoisotopic (exact) mass is 462 g/mol. The second-order valence-electron chi connectivity index (χ2n) is 6.83. The number of phenols is 2. The van der Waals surface area contributed by atoms with Crippen molar-refractivity contribution in [3.63, 3.8) is 0 Å². The standard InChI is InChI=1S/C22H22O11/c1-31-16-7-4-12(9-15(16)24)5-8-18(25)33-19(20(26)27)22(30,21(28)29)11-13-3-6-14(23)17(10-13)32-2/h3-10,19,23-24,30H,11H2,1-2H3,(H,26,27)(H,28,29)/b8-5+/t19-,22-/m1/s1. The lowest BCUT2D eigenvalue weighted by molar-refractivity contribution is -0.192. The quantitative estimate of drug-likeness (QED) is 0.253. The van der Waals surface area contributed by atoms with Gasteiger partial charge in [0.25, 0.3) is 0 Å². The van der Waals surface area contributed by atoms with E-state index in [0.717, 1.165) is 6.08 Å². The molecule has 2 aromatic rings. The van der Waals surface area contributed by atoms with Crippen LogP contribution in [0.2, 0.25) is 0 Å². The van der Waals surface area contributed by atoms with Crippen molar-refractivity contribution in [3.05, 3.63) is 53.6 Å². The lowest BCUT2D eigenvalue weighted by atomic mass is 9.88. The molecule has 0 aliphatic rings. The smallest absolute Gasteiger partial charge is 0.348 e. The highest BCUT2D eigenvalue weighted by molar-refractivity contribution is 5.93. The zero-order valence-electron chi connectivity index (χ0n) is 17.6. The molecule has 5 N–H and O–H groups in total. The first kappa shape index (κ1) is 25.0. The molecule has 0 spiro atoms. The maximum atomic E-state index is 12.2. The molecule has 2 rings (SSSR count). The van der Waals surface area contributed by atoms with Crippen LogP contribution in [0.25, 0.3) is 6.08 Å². The van der Waals surface area contributed by atoms with E-state index in [0.29, 0.717) is 5.56 Å². The van der Waals surface area contributed by atoms with Crippen molar-refractivity contribution < 1.29 is 54.1 Å². The van der Waals surface area contributed by atoms with Gasteiger partial charge in [-0.2, -0.15) is 0 Å². The number of esters is 1. The molecule has 0 aliphatic carbocycles. The fraction of sp³-hybridized carbons (Fsp3) is 0.227. The zero-order valence-corrected chi connectivity index (χ0v) is 17.6. The third-order valence-electron chi connectivity index (χ3n) is 4.59. The van der Waals surface area contributed by atoms with Crippen molar-refractivity contribution in [2.45, 2.75) is 18.1 Å². The summed E-state index contributed by atoms with van der Waals surface area (Å²) in [6, 6.07) is 7.81. The lowest BCUT2D eigenvalue weighted by Gasteiger charge is -2.29. The van der Waals surface area contributed by atoms with E-state index in [9.17, 15) is 39.9 Å². The molecule has 0 saturated heterocycles. The minimum absolute atomic E-state index is 0.0326. The van der Waals surface area contributed by atoms with E-state index in [4.69, 9.17) is 14.2 Å². The fourth-order valence-corrected chi connectivity index (χ4v) is 2.91. The number of hydrogen-bond acceptors (Lipinski definition) is 9. The van der Waals surface area contributed by atoms with Gasteiger partial charge in [-0.3, -0.25) is 0 Å². The summed E-state index contributed by atoms with van der Waals surface area (Å²) in [5.41, 5.74) is -2.61. The van der Waals surface area contributed by atoms with Crippen LogP contribution >= 0.6 is 0 Å². The first-order chi connectivity index (χ1) is 15.5. The molecule has 11 heteroatoms. The molecule has 0 unspecified atom stereocenters. The zero-order chi connectivity index (χ0) is 24.8. The third-order valence-corrected chi connectivity index (χ3v) is 4.59. The van der Waals surface area contributed by atoms with Crippen LogP contribution in [0.5, 0.6) is 23.0 Å². The highest BCUT2D eigenvalue weighted by atomic mass is 16.6. The minimum atomic E-state index is -3.05. The molecule has 33 heavy (non-hydrogen) atoms. The van der Waals surface area contributed by atoms with E-state index in [1.807, 2.05) is 0 Å². The van der Waals surface area contributed by atoms with E-state index in [1.165, 1.54) is 56.7 Å². The minimum Gasteiger partial charge on any atom is -0.504 e. The first-order valence-electron chi connectivity index (χ1n) is 9.32. The largest absolute Gasteiger partial charge is 0.504 e. The van der Waals surface area contributed by atoms with E-state index in [1.54, 1.807) is 0 Å². The predicted octanol–water partition coefficient (Wildman–Crippen LogP) is 1.18. The average Bonchev–Trinajstić information content (AvgIpc) is 2.76. The van der Waals surface area contributed by atoms with Crippen molar-refractivity contribution in [1.82, 2.24) is 0 Å². The molecule has 0 aliphatic heterocycles. The SMILES string of the molecule is COc1ccc(/C=C/C(=O)O[C@H](C(=O)O)[C@](O)(Cc2ccc(O)c(OC)c2)C(=O)O)cc1O. The highest BCUT2D eigenvalue weighted by Gasteiger charge is 2.51. The van der Waals surface area contributed by atoms with E-state index < -0.39 is 36.0 Å². The Labute approximate surface area is 187 Å². The van der Waals surface area contributed by atoms with Gasteiger partial charge in [0.1, 0.15) is 0 Å². The van der Waals surface area contributed by atoms with Gasteiger partial charge < -0.3 is 39.7 Å². The molecular weight excluding hydrogens is 440 g/mol. The normalized spacial score (nSPS) is 13.7. The van der Waals surface area contributed by atoms with E-state index >= 15 is 0 Å². The molecule has 0 fully saturated rings. The number of aliphatic carboxylic acids is 2. The topological polar surface area (TPSA) is 180 Å². The van der Waals surface area contributed by atoms with Gasteiger partial charge in [-0.15, -0.1) is 0 Å². The number of rotatable bonds is 10. The van der Waals surface area contributed by atoms with Gasteiger partial charge in [-0.05, 0) is 41.5 Å². The molecule has 0 amide bonds. The van der Waals surface area contributed by atoms with Gasteiger partial charge in [0.2, 0.25) is 11.7 Å². The van der Waals surface area contributed by atoms with Gasteiger partial charge >= 0.3 is 17.9 Å². The summed E-state index contributed by atoms with van der Waals surface area (Å²) in [7, 11) is 2.60. The fourth-order valence-electron chi connectivity index (χ4n) is 2.91. The van der Waals surface area contributed by atoms with Gasteiger partial charge in [0.15, 0.2) is 23.0 Å². The van der Waals surface area contributed by atoms with Crippen LogP contribution in [0, 0.1) is 0 Å². The number of carboxylic acids is 2. The molecule has 2 atom stereocenters. The molecule has 0 heterocycles. The summed E-state index contributed by atoms with van der Waals surface area (Å²) >= 11 is 0. The number of carbonyl (C=O) groups excluding carboxylic acids is 1. The number of hydrogen-bond donors (Lipinski definition) is 5. The third kappa shape index (κ3) is 5.92. The Morgan fingerprint density at radius 3 is 2.18 bits per heavy atom. The van der Waals surface area contributed by atoms with Crippen molar-refractivity contribution in [2.24, 2.45) is 0 Å². The van der Waals surface area contributed by atoms with E-state index in [2.05, 4.69) is 0 Å². The Kier molecular flexibility index (Phi) is 7.86. The number of benzene rings is 2. The number of aliphatic hydroxyl groups is 1. The molecule has 2 aromatic carbocycles. The number of phenolic OH excluding ortho intramolecular Hbond substituents is 2. The second-order valence-corrected chi connectivity index (χ2v) is 6.83. The van der Waals surface area contributed by atoms with Crippen LogP contribution in [0.4, 0.5) is 0 Å². The molecule has 0 aromatic heterocycles. The van der Waals surface area contributed by atoms with Crippen LogP contribution in [-0.2, 0) is 25.5 Å². The summed E-state index contributed by atoms with van der Waals surface area (Å²) < 4.78 is 14.6. The van der Waals surface area contributed by atoms with Crippen molar-refractivity contribution in [2.75, 3.05) is 14.2 Å². The predicted molar refractivity (Wildman–Crippen MR) is 112 cm³/mol. The summed E-state index contributed by atoms with van der Waals surface area (Å²) in [5.74, 6) is -5.39. The first-order valence-corrected chi connectivity index (χ1v) is 9.32. The summed E-state index contributed by atoms with van der Waals surface area (Å²) in [6.07, 6.45) is -1.26. The number of carbonyl (C=O) groups is 3. The van der Waals surface area contributed by atoms with Crippen molar-refractivity contribution in [1.29, 1.82) is 0 Å². The molecule has 0 saturated carbocycles. The Morgan fingerprint density at radius 2 is 1.64 bits per heavy atom. The van der Waals surface area contributed by atoms with Gasteiger partial charge in [0.05, 0.1) is 14.2 Å². The van der Waals surface area contributed by atoms with E-state index in [-0.39, 0.29) is 28.6 Å². The van der Waals surface area contributed by atoms with Crippen molar-refractivity contribution in [3.8, 4) is 23.0 Å². The molecular formula is C22H22O11.